The summed E-state index contributed by atoms with van der Waals surface area (Å²) in [4.78, 5) is 15.5. The molecule has 2 aromatic rings. The van der Waals surface area contributed by atoms with Crippen molar-refractivity contribution in [1.82, 2.24) is 0 Å². The first-order valence-electron chi connectivity index (χ1n) is 8.70. The maximum atomic E-state index is 13.7. The third-order valence-electron chi connectivity index (χ3n) is 5.15. The lowest BCUT2D eigenvalue weighted by molar-refractivity contribution is -0.148. The molecule has 0 saturated carbocycles. The fourth-order valence-corrected chi connectivity index (χ4v) is 4.78. The van der Waals surface area contributed by atoms with Gasteiger partial charge < -0.3 is 9.64 Å². The molecule has 2 atom stereocenters. The zero-order valence-electron chi connectivity index (χ0n) is 14.4. The maximum Gasteiger partial charge on any atom is 0.264 e. The van der Waals surface area contributed by atoms with Crippen LogP contribution in [0.4, 0.5) is 5.69 Å². The molecule has 5 heteroatoms. The average molecular weight is 477 g/mol. The molecular weight excluding hydrogens is 458 g/mol. The van der Waals surface area contributed by atoms with E-state index in [0.717, 1.165) is 32.2 Å². The molecule has 2 aliphatic rings. The maximum absolute atomic E-state index is 13.7. The van der Waals surface area contributed by atoms with Crippen molar-refractivity contribution in [3.63, 3.8) is 0 Å². The van der Waals surface area contributed by atoms with Crippen molar-refractivity contribution in [1.29, 1.82) is 0 Å². The predicted molar refractivity (Wildman–Crippen MR) is 110 cm³/mol. The van der Waals surface area contributed by atoms with Gasteiger partial charge in [0.2, 0.25) is 0 Å². The molecule has 0 saturated heterocycles. The molecule has 4 rings (SSSR count). The summed E-state index contributed by atoms with van der Waals surface area (Å²) in [5.41, 5.74) is 1.99. The van der Waals surface area contributed by atoms with E-state index in [9.17, 15) is 4.79 Å². The van der Waals surface area contributed by atoms with Crippen molar-refractivity contribution in [2.45, 2.75) is 25.5 Å². The molecule has 2 heterocycles. The lowest BCUT2D eigenvalue weighted by atomic mass is 9.83. The van der Waals surface area contributed by atoms with Gasteiger partial charge >= 0.3 is 0 Å². The number of halogens is 2. The van der Waals surface area contributed by atoms with Crippen LogP contribution in [0.15, 0.2) is 63.6 Å². The Morgan fingerprint density at radius 1 is 1.19 bits per heavy atom. The summed E-state index contributed by atoms with van der Waals surface area (Å²) in [5.74, 6) is -0.0220. The summed E-state index contributed by atoms with van der Waals surface area (Å²) in [7, 11) is 0. The smallest absolute Gasteiger partial charge is 0.264 e. The molecule has 1 spiro atoms. The molecule has 2 aliphatic heterocycles. The number of amides is 1. The minimum absolute atomic E-state index is 0.0152. The Morgan fingerprint density at radius 2 is 1.96 bits per heavy atom. The fraction of sp³-hybridized carbons (Fsp3) is 0.286. The highest BCUT2D eigenvalue weighted by atomic mass is 79.9. The largest absolute Gasteiger partial charge is 0.359 e. The highest BCUT2D eigenvalue weighted by Gasteiger charge is 2.56. The molecule has 0 aromatic heterocycles. The first-order valence-corrected chi connectivity index (χ1v) is 10.3. The number of hydrogen-bond donors (Lipinski definition) is 0. The van der Waals surface area contributed by atoms with Gasteiger partial charge in [0.15, 0.2) is 5.60 Å². The van der Waals surface area contributed by atoms with Gasteiger partial charge in [-0.15, -0.1) is 0 Å². The van der Waals surface area contributed by atoms with Crippen molar-refractivity contribution in [3.05, 3.63) is 74.7 Å². The quantitative estimate of drug-likeness (QED) is 0.530. The normalized spacial score (nSPS) is 24.8. The van der Waals surface area contributed by atoms with E-state index in [4.69, 9.17) is 4.74 Å². The first-order chi connectivity index (χ1) is 12.5. The molecular formula is C21H19Br2NO2. The zero-order valence-corrected chi connectivity index (χ0v) is 17.6. The number of hydrogen-bond acceptors (Lipinski definition) is 2. The first kappa shape index (κ1) is 18.0. The Hall–Kier alpha value is -1.43. The van der Waals surface area contributed by atoms with Crippen molar-refractivity contribution in [2.24, 2.45) is 5.92 Å². The summed E-state index contributed by atoms with van der Waals surface area (Å²) in [5, 5.41) is 0. The second kappa shape index (κ2) is 6.95. The Labute approximate surface area is 170 Å². The molecule has 0 fully saturated rings. The van der Waals surface area contributed by atoms with E-state index in [-0.39, 0.29) is 11.8 Å². The average Bonchev–Trinajstić information content (AvgIpc) is 2.75. The van der Waals surface area contributed by atoms with Crippen LogP contribution in [0, 0.1) is 5.92 Å². The van der Waals surface area contributed by atoms with E-state index in [2.05, 4.69) is 50.9 Å². The van der Waals surface area contributed by atoms with E-state index in [1.54, 1.807) is 0 Å². The third-order valence-corrected chi connectivity index (χ3v) is 6.34. The van der Waals surface area contributed by atoms with E-state index in [1.807, 2.05) is 47.4 Å². The van der Waals surface area contributed by atoms with E-state index < -0.39 is 5.60 Å². The molecule has 0 radical (unpaired) electrons. The molecule has 0 unspecified atom stereocenters. The molecule has 134 valence electrons. The van der Waals surface area contributed by atoms with Crippen LogP contribution in [0.2, 0.25) is 0 Å². The van der Waals surface area contributed by atoms with Gasteiger partial charge in [0.25, 0.3) is 5.91 Å². The van der Waals surface area contributed by atoms with Gasteiger partial charge in [-0.3, -0.25) is 4.79 Å². The summed E-state index contributed by atoms with van der Waals surface area (Å²) >= 11 is 7.14. The van der Waals surface area contributed by atoms with Crippen LogP contribution in [-0.2, 0) is 21.7 Å². The van der Waals surface area contributed by atoms with Crippen LogP contribution in [0.3, 0.4) is 0 Å². The second-order valence-electron chi connectivity index (χ2n) is 6.74. The molecule has 0 N–H and O–H groups in total. The summed E-state index contributed by atoms with van der Waals surface area (Å²) in [6, 6.07) is 14.1. The number of benzene rings is 2. The van der Waals surface area contributed by atoms with Gasteiger partial charge in [0.1, 0.15) is 0 Å². The van der Waals surface area contributed by atoms with Gasteiger partial charge in [0.05, 0.1) is 18.8 Å². The molecule has 1 amide bonds. The Morgan fingerprint density at radius 3 is 2.73 bits per heavy atom. The zero-order chi connectivity index (χ0) is 18.3. The van der Waals surface area contributed by atoms with Crippen LogP contribution < -0.4 is 4.90 Å². The fourth-order valence-electron chi connectivity index (χ4n) is 3.86. The SMILES string of the molecule is C[C@@H]1C=CCCO[C@]12C(=O)N(Cc1ccc(Br)cc1)c1cccc(Br)c12. The Balaban J connectivity index is 1.83. The lowest BCUT2D eigenvalue weighted by Crippen LogP contribution is -2.46. The third kappa shape index (κ3) is 2.77. The number of nitrogens with zero attached hydrogens (tertiary/aromatic N) is 1. The number of carbonyl (C=O) groups excluding carboxylic acids is 1. The van der Waals surface area contributed by atoms with Crippen molar-refractivity contribution in [3.8, 4) is 0 Å². The van der Waals surface area contributed by atoms with Crippen molar-refractivity contribution < 1.29 is 9.53 Å². The molecule has 0 bridgehead atoms. The minimum Gasteiger partial charge on any atom is -0.359 e. The van der Waals surface area contributed by atoms with Crippen LogP contribution in [0.25, 0.3) is 0 Å². The topological polar surface area (TPSA) is 29.5 Å². The number of ether oxygens (including phenoxy) is 1. The lowest BCUT2D eigenvalue weighted by Gasteiger charge is -2.32. The highest BCUT2D eigenvalue weighted by molar-refractivity contribution is 9.10. The Kier molecular flexibility index (Phi) is 4.80. The molecule has 26 heavy (non-hydrogen) atoms. The highest BCUT2D eigenvalue weighted by Crippen LogP contribution is 2.51. The standard InChI is InChI=1S/C21H19Br2NO2/c1-14-5-2-3-12-26-21(14)19-17(23)6-4-7-18(19)24(20(21)25)13-15-8-10-16(22)11-9-15/h2,4-11,14H,3,12-13H2,1H3/t14-,21-/m1/s1. The van der Waals surface area contributed by atoms with E-state index in [0.29, 0.717) is 13.2 Å². The van der Waals surface area contributed by atoms with Gasteiger partial charge in [-0.25, -0.2) is 0 Å². The van der Waals surface area contributed by atoms with Crippen molar-refractivity contribution >= 4 is 43.5 Å². The van der Waals surface area contributed by atoms with Gasteiger partial charge in [0, 0.05) is 20.4 Å². The number of fused-ring (bicyclic) bond motifs is 2. The van der Waals surface area contributed by atoms with Gasteiger partial charge in [-0.1, -0.05) is 69.1 Å². The molecule has 3 nitrogen and oxygen atoms in total. The number of carbonyl (C=O) groups is 1. The van der Waals surface area contributed by atoms with Crippen LogP contribution in [-0.4, -0.2) is 12.5 Å². The summed E-state index contributed by atoms with van der Waals surface area (Å²) in [6.07, 6.45) is 5.05. The summed E-state index contributed by atoms with van der Waals surface area (Å²) < 4.78 is 8.23. The Bertz CT molecular complexity index is 878. The minimum atomic E-state index is -0.961. The molecule has 2 aromatic carbocycles. The van der Waals surface area contributed by atoms with E-state index in [1.165, 1.54) is 0 Å². The van der Waals surface area contributed by atoms with Crippen molar-refractivity contribution in [2.75, 3.05) is 11.5 Å². The molecule has 0 aliphatic carbocycles. The second-order valence-corrected chi connectivity index (χ2v) is 8.51. The van der Waals surface area contributed by atoms with Crippen LogP contribution in [0.1, 0.15) is 24.5 Å². The van der Waals surface area contributed by atoms with E-state index >= 15 is 0 Å². The van der Waals surface area contributed by atoms with Gasteiger partial charge in [-0.2, -0.15) is 0 Å². The van der Waals surface area contributed by atoms with Crippen LogP contribution >= 0.6 is 31.9 Å². The number of rotatable bonds is 2. The predicted octanol–water partition coefficient (Wildman–Crippen LogP) is 5.57. The van der Waals surface area contributed by atoms with Crippen LogP contribution in [0.5, 0.6) is 0 Å². The number of anilines is 1. The monoisotopic (exact) mass is 475 g/mol. The van der Waals surface area contributed by atoms with Gasteiger partial charge in [-0.05, 0) is 36.2 Å². The summed E-state index contributed by atoms with van der Waals surface area (Å²) in [6.45, 7) is 3.13.